The molecule has 4 nitrogen and oxygen atoms in total. The van der Waals surface area contributed by atoms with E-state index >= 15 is 0 Å². The average molecular weight is 229 g/mol. The molecule has 0 heterocycles. The van der Waals surface area contributed by atoms with Gasteiger partial charge in [-0.3, -0.25) is 0 Å². The highest BCUT2D eigenvalue weighted by Gasteiger charge is 1.95. The van der Waals surface area contributed by atoms with Crippen molar-refractivity contribution >= 4 is 17.9 Å². The molecule has 0 atom stereocenters. The minimum Gasteiger partial charge on any atom is -0.508 e. The van der Waals surface area contributed by atoms with Crippen molar-refractivity contribution in [3.8, 4) is 5.75 Å². The largest absolute Gasteiger partial charge is 0.508 e. The summed E-state index contributed by atoms with van der Waals surface area (Å²) in [6.45, 7) is 1.99. The van der Waals surface area contributed by atoms with Gasteiger partial charge in [-0.25, -0.2) is 4.79 Å². The van der Waals surface area contributed by atoms with Gasteiger partial charge in [-0.05, 0) is 36.9 Å². The van der Waals surface area contributed by atoms with Gasteiger partial charge in [-0.1, -0.05) is 0 Å². The van der Waals surface area contributed by atoms with Gasteiger partial charge in [0.15, 0.2) is 0 Å². The summed E-state index contributed by atoms with van der Waals surface area (Å²) in [7, 11) is 1.35. The van der Waals surface area contributed by atoms with Gasteiger partial charge in [-0.15, -0.1) is 11.8 Å². The molecular weight excluding hydrogens is 214 g/mol. The van der Waals surface area contributed by atoms with Crippen molar-refractivity contribution in [2.24, 2.45) is 0 Å². The number of carboxylic acid groups (broad SMARTS) is 1. The molecule has 1 rings (SSSR count). The van der Waals surface area contributed by atoms with E-state index in [1.54, 1.807) is 23.9 Å². The average Bonchev–Trinajstić information content (AvgIpc) is 2.19. The number of hydrogen-bond acceptors (Lipinski definition) is 3. The Hall–Kier alpha value is -1.36. The molecule has 0 unspecified atom stereocenters. The molecule has 0 saturated heterocycles. The van der Waals surface area contributed by atoms with Gasteiger partial charge in [0.2, 0.25) is 0 Å². The number of aryl methyl sites for hydroxylation is 1. The van der Waals surface area contributed by atoms with Gasteiger partial charge in [0, 0.05) is 11.9 Å². The Bertz CT molecular complexity index is 328. The minimum atomic E-state index is -0.995. The molecule has 0 aliphatic rings. The van der Waals surface area contributed by atoms with Crippen molar-refractivity contribution < 1.29 is 15.0 Å². The Balaban J connectivity index is 0.000000336. The first-order chi connectivity index (χ1) is 7.01. The van der Waals surface area contributed by atoms with Gasteiger partial charge >= 0.3 is 6.09 Å². The first-order valence-electron chi connectivity index (χ1n) is 4.25. The van der Waals surface area contributed by atoms with Crippen LogP contribution in [0.1, 0.15) is 5.56 Å². The van der Waals surface area contributed by atoms with Crippen LogP contribution >= 0.6 is 11.8 Å². The number of rotatable bonds is 1. The first-order valence-corrected chi connectivity index (χ1v) is 5.48. The fraction of sp³-hybridized carbons (Fsp3) is 0.300. The zero-order valence-electron chi connectivity index (χ0n) is 8.94. The summed E-state index contributed by atoms with van der Waals surface area (Å²) in [5.41, 5.74) is 1.13. The third-order valence-corrected chi connectivity index (χ3v) is 2.49. The molecule has 1 aromatic carbocycles. The highest BCUT2D eigenvalue weighted by atomic mass is 32.2. The van der Waals surface area contributed by atoms with Crippen LogP contribution in [0.2, 0.25) is 0 Å². The summed E-state index contributed by atoms with van der Waals surface area (Å²) in [4.78, 5) is 10.5. The second-order valence-corrected chi connectivity index (χ2v) is 3.56. The molecule has 84 valence electrons. The molecular formula is C10H15NO3S. The lowest BCUT2D eigenvalue weighted by molar-refractivity contribution is 0.197. The van der Waals surface area contributed by atoms with E-state index in [1.807, 2.05) is 24.6 Å². The monoisotopic (exact) mass is 229 g/mol. The van der Waals surface area contributed by atoms with Crippen molar-refractivity contribution in [2.45, 2.75) is 11.8 Å². The Labute approximate surface area is 93.3 Å². The first kappa shape index (κ1) is 13.6. The van der Waals surface area contributed by atoms with E-state index in [0.29, 0.717) is 5.75 Å². The van der Waals surface area contributed by atoms with Crippen LogP contribution in [-0.2, 0) is 0 Å². The SMILES string of the molecule is CNC(=O)O.CSc1ccc(O)cc1C. The number of benzene rings is 1. The predicted molar refractivity (Wildman–Crippen MR) is 61.7 cm³/mol. The number of phenols is 1. The lowest BCUT2D eigenvalue weighted by Crippen LogP contribution is -2.13. The van der Waals surface area contributed by atoms with Crippen LogP contribution < -0.4 is 5.32 Å². The van der Waals surface area contributed by atoms with Gasteiger partial charge in [0.1, 0.15) is 5.75 Å². The van der Waals surface area contributed by atoms with E-state index in [4.69, 9.17) is 10.2 Å². The van der Waals surface area contributed by atoms with Crippen molar-refractivity contribution in [2.75, 3.05) is 13.3 Å². The van der Waals surface area contributed by atoms with Crippen LogP contribution in [-0.4, -0.2) is 29.6 Å². The van der Waals surface area contributed by atoms with Crippen molar-refractivity contribution in [3.05, 3.63) is 23.8 Å². The number of phenolic OH excluding ortho intramolecular Hbond substituents is 1. The molecule has 0 aromatic heterocycles. The summed E-state index contributed by atoms with van der Waals surface area (Å²) in [6, 6.07) is 5.40. The van der Waals surface area contributed by atoms with Crippen LogP contribution in [0, 0.1) is 6.92 Å². The molecule has 1 amide bonds. The summed E-state index contributed by atoms with van der Waals surface area (Å²) in [5.74, 6) is 0.343. The fourth-order valence-electron chi connectivity index (χ4n) is 0.863. The zero-order valence-corrected chi connectivity index (χ0v) is 9.76. The Morgan fingerprint density at radius 1 is 1.47 bits per heavy atom. The summed E-state index contributed by atoms with van der Waals surface area (Å²) < 4.78 is 0. The molecule has 0 aliphatic heterocycles. The van der Waals surface area contributed by atoms with Crippen LogP contribution in [0.5, 0.6) is 5.75 Å². The molecule has 0 saturated carbocycles. The molecule has 0 radical (unpaired) electrons. The van der Waals surface area contributed by atoms with E-state index in [0.717, 1.165) is 5.56 Å². The summed E-state index contributed by atoms with van der Waals surface area (Å²) in [6.07, 6.45) is 1.03. The molecule has 0 fully saturated rings. The lowest BCUT2D eigenvalue weighted by atomic mass is 10.2. The molecule has 15 heavy (non-hydrogen) atoms. The summed E-state index contributed by atoms with van der Waals surface area (Å²) >= 11 is 1.69. The van der Waals surface area contributed by atoms with Crippen LogP contribution in [0.4, 0.5) is 4.79 Å². The molecule has 3 N–H and O–H groups in total. The minimum absolute atomic E-state index is 0.343. The number of amides is 1. The topological polar surface area (TPSA) is 69.6 Å². The number of aromatic hydroxyl groups is 1. The molecule has 0 bridgehead atoms. The Morgan fingerprint density at radius 3 is 2.33 bits per heavy atom. The quantitative estimate of drug-likeness (QED) is 0.646. The van der Waals surface area contributed by atoms with E-state index < -0.39 is 6.09 Å². The van der Waals surface area contributed by atoms with E-state index in [2.05, 4.69) is 0 Å². The van der Waals surface area contributed by atoms with Gasteiger partial charge in [0.05, 0.1) is 0 Å². The second kappa shape index (κ2) is 7.00. The van der Waals surface area contributed by atoms with Crippen molar-refractivity contribution in [1.29, 1.82) is 0 Å². The van der Waals surface area contributed by atoms with Crippen LogP contribution in [0.3, 0.4) is 0 Å². The van der Waals surface area contributed by atoms with Crippen LogP contribution in [0.15, 0.2) is 23.1 Å². The number of thioether (sulfide) groups is 1. The standard InChI is InChI=1S/C8H10OS.C2H5NO2/c1-6-5-7(9)3-4-8(6)10-2;1-3-2(4)5/h3-5,9H,1-2H3;3H,1H3,(H,4,5). The van der Waals surface area contributed by atoms with Gasteiger partial charge < -0.3 is 15.5 Å². The normalized spacial score (nSPS) is 8.73. The molecule has 1 aromatic rings. The lowest BCUT2D eigenvalue weighted by Gasteiger charge is -2.00. The van der Waals surface area contributed by atoms with Gasteiger partial charge in [0.25, 0.3) is 0 Å². The third kappa shape index (κ3) is 5.85. The van der Waals surface area contributed by atoms with Crippen molar-refractivity contribution in [1.82, 2.24) is 5.32 Å². The number of nitrogens with one attached hydrogen (secondary N) is 1. The third-order valence-electron chi connectivity index (χ3n) is 1.59. The molecule has 0 spiro atoms. The predicted octanol–water partition coefficient (Wildman–Crippen LogP) is 2.31. The highest BCUT2D eigenvalue weighted by molar-refractivity contribution is 7.98. The van der Waals surface area contributed by atoms with Crippen LogP contribution in [0.25, 0.3) is 0 Å². The van der Waals surface area contributed by atoms with Crippen molar-refractivity contribution in [3.63, 3.8) is 0 Å². The number of hydrogen-bond donors (Lipinski definition) is 3. The maximum Gasteiger partial charge on any atom is 0.404 e. The molecule has 0 aliphatic carbocycles. The Kier molecular flexibility index (Phi) is 6.37. The highest BCUT2D eigenvalue weighted by Crippen LogP contribution is 2.22. The molecule has 5 heteroatoms. The smallest absolute Gasteiger partial charge is 0.404 e. The fourth-order valence-corrected chi connectivity index (χ4v) is 1.45. The zero-order chi connectivity index (χ0) is 11.8. The van der Waals surface area contributed by atoms with Gasteiger partial charge in [-0.2, -0.15) is 0 Å². The second-order valence-electron chi connectivity index (χ2n) is 2.71. The maximum atomic E-state index is 9.26. The van der Waals surface area contributed by atoms with E-state index in [-0.39, 0.29) is 0 Å². The maximum absolute atomic E-state index is 9.26. The van der Waals surface area contributed by atoms with E-state index in [9.17, 15) is 4.79 Å². The number of carbonyl (C=O) groups is 1. The van der Waals surface area contributed by atoms with E-state index in [1.165, 1.54) is 11.9 Å². The Morgan fingerprint density at radius 2 is 2.00 bits per heavy atom. The summed E-state index contributed by atoms with van der Waals surface area (Å²) in [5, 5.41) is 18.6.